The number of anilines is 1. The monoisotopic (exact) mass is 383 g/mol. The summed E-state index contributed by atoms with van der Waals surface area (Å²) in [7, 11) is 4.10. The normalized spacial score (nSPS) is 17.1. The van der Waals surface area contributed by atoms with Crippen LogP contribution in [-0.2, 0) is 13.6 Å². The van der Waals surface area contributed by atoms with Crippen LogP contribution < -0.4 is 4.90 Å². The second-order valence-electron chi connectivity index (χ2n) is 7.18. The summed E-state index contributed by atoms with van der Waals surface area (Å²) in [5.41, 5.74) is 1.33. The molecule has 6 nitrogen and oxygen atoms in total. The van der Waals surface area contributed by atoms with E-state index < -0.39 is 0 Å². The van der Waals surface area contributed by atoms with E-state index in [4.69, 9.17) is 4.42 Å². The Hall–Kier alpha value is -2.25. The highest BCUT2D eigenvalue weighted by Crippen LogP contribution is 2.28. The smallest absolute Gasteiger partial charge is 0.198 e. The minimum Gasteiger partial charge on any atom is -0.453 e. The highest BCUT2D eigenvalue weighted by atomic mass is 32.2. The first kappa shape index (κ1) is 18.1. The van der Waals surface area contributed by atoms with Crippen molar-refractivity contribution in [1.29, 1.82) is 0 Å². The van der Waals surface area contributed by atoms with E-state index in [1.165, 1.54) is 23.9 Å². The van der Waals surface area contributed by atoms with E-state index in [1.807, 2.05) is 17.7 Å². The highest BCUT2D eigenvalue weighted by molar-refractivity contribution is 7.99. The molecular weight excluding hydrogens is 358 g/mol. The highest BCUT2D eigenvalue weighted by Gasteiger charge is 2.24. The predicted molar refractivity (Wildman–Crippen MR) is 107 cm³/mol. The topological polar surface area (TPSA) is 50.3 Å². The molecule has 0 saturated carbocycles. The third-order valence-corrected chi connectivity index (χ3v) is 5.87. The summed E-state index contributed by atoms with van der Waals surface area (Å²) in [5.74, 6) is 1.68. The van der Waals surface area contributed by atoms with Crippen LogP contribution >= 0.6 is 11.8 Å². The van der Waals surface area contributed by atoms with Gasteiger partial charge in [0.1, 0.15) is 12.1 Å². The molecule has 1 aliphatic rings. The van der Waals surface area contributed by atoms with E-state index in [1.54, 1.807) is 6.33 Å². The minimum absolute atomic E-state index is 0.692. The van der Waals surface area contributed by atoms with Crippen molar-refractivity contribution in [2.24, 2.45) is 13.0 Å². The van der Waals surface area contributed by atoms with Crippen LogP contribution in [-0.4, -0.2) is 46.3 Å². The van der Waals surface area contributed by atoms with Gasteiger partial charge in [0.05, 0.1) is 6.54 Å². The summed E-state index contributed by atoms with van der Waals surface area (Å²) in [6.45, 7) is 4.17. The van der Waals surface area contributed by atoms with Gasteiger partial charge >= 0.3 is 0 Å². The molecule has 3 heterocycles. The van der Waals surface area contributed by atoms with Crippen molar-refractivity contribution < 1.29 is 4.42 Å². The maximum atomic E-state index is 5.97. The van der Waals surface area contributed by atoms with E-state index in [9.17, 15) is 0 Å². The van der Waals surface area contributed by atoms with Gasteiger partial charge in [-0.15, -0.1) is 10.2 Å². The first-order valence-electron chi connectivity index (χ1n) is 9.26. The van der Waals surface area contributed by atoms with Gasteiger partial charge < -0.3 is 13.9 Å². The van der Waals surface area contributed by atoms with Crippen molar-refractivity contribution in [1.82, 2.24) is 19.7 Å². The Balaban J connectivity index is 1.27. The lowest BCUT2D eigenvalue weighted by atomic mass is 10.1. The first-order chi connectivity index (χ1) is 13.2. The molecule has 0 N–H and O–H groups in total. The van der Waals surface area contributed by atoms with E-state index in [2.05, 4.69) is 63.4 Å². The van der Waals surface area contributed by atoms with Crippen LogP contribution in [0.5, 0.6) is 0 Å². The SMILES string of the molecule is CN(Cc1ccc(Sc2nncn2C)o1)CC1CCN(c2ccccc2)C1. The molecule has 1 atom stereocenters. The third kappa shape index (κ3) is 4.54. The number of benzene rings is 1. The van der Waals surface area contributed by atoms with E-state index in [0.29, 0.717) is 5.92 Å². The van der Waals surface area contributed by atoms with Gasteiger partial charge in [-0.05, 0) is 55.4 Å². The fourth-order valence-electron chi connectivity index (χ4n) is 3.58. The molecule has 2 aromatic heterocycles. The van der Waals surface area contributed by atoms with Gasteiger partial charge in [-0.3, -0.25) is 4.90 Å². The largest absolute Gasteiger partial charge is 0.453 e. The lowest BCUT2D eigenvalue weighted by Crippen LogP contribution is -2.27. The molecule has 0 aliphatic carbocycles. The summed E-state index contributed by atoms with van der Waals surface area (Å²) in [5, 5.41) is 9.66. The molecule has 27 heavy (non-hydrogen) atoms. The Morgan fingerprint density at radius 2 is 2.07 bits per heavy atom. The fraction of sp³-hybridized carbons (Fsp3) is 0.400. The van der Waals surface area contributed by atoms with Crippen LogP contribution in [0.25, 0.3) is 0 Å². The Kier molecular flexibility index (Phi) is 5.50. The number of para-hydroxylation sites is 1. The molecular formula is C20H25N5OS. The second kappa shape index (κ2) is 8.19. The van der Waals surface area contributed by atoms with Gasteiger partial charge in [0.15, 0.2) is 10.2 Å². The Morgan fingerprint density at radius 3 is 2.85 bits per heavy atom. The average Bonchev–Trinajstić information content (AvgIpc) is 3.39. The van der Waals surface area contributed by atoms with Crippen molar-refractivity contribution >= 4 is 17.4 Å². The van der Waals surface area contributed by atoms with Gasteiger partial charge in [0, 0.05) is 32.4 Å². The van der Waals surface area contributed by atoms with Crippen molar-refractivity contribution in [2.45, 2.75) is 23.2 Å². The maximum Gasteiger partial charge on any atom is 0.198 e. The maximum absolute atomic E-state index is 5.97. The van der Waals surface area contributed by atoms with Gasteiger partial charge in [0.25, 0.3) is 0 Å². The van der Waals surface area contributed by atoms with Crippen LogP contribution in [0.2, 0.25) is 0 Å². The molecule has 0 radical (unpaired) electrons. The predicted octanol–water partition coefficient (Wildman–Crippen LogP) is 3.52. The molecule has 4 rings (SSSR count). The summed E-state index contributed by atoms with van der Waals surface area (Å²) < 4.78 is 7.85. The van der Waals surface area contributed by atoms with E-state index >= 15 is 0 Å². The van der Waals surface area contributed by atoms with Crippen LogP contribution in [0.3, 0.4) is 0 Å². The number of aromatic nitrogens is 3. The second-order valence-corrected chi connectivity index (χ2v) is 8.15. The van der Waals surface area contributed by atoms with Crippen LogP contribution in [0.15, 0.2) is 63.5 Å². The molecule has 0 bridgehead atoms. The van der Waals surface area contributed by atoms with E-state index in [0.717, 1.165) is 42.2 Å². The molecule has 1 aromatic carbocycles. The molecule has 0 amide bonds. The summed E-state index contributed by atoms with van der Waals surface area (Å²) in [4.78, 5) is 4.84. The quantitative estimate of drug-likeness (QED) is 0.622. The molecule has 1 fully saturated rings. The molecule has 3 aromatic rings. The Labute approximate surface area is 164 Å². The van der Waals surface area contributed by atoms with Gasteiger partial charge in [-0.1, -0.05) is 18.2 Å². The number of nitrogens with zero attached hydrogens (tertiary/aromatic N) is 5. The molecule has 1 aliphatic heterocycles. The molecule has 7 heteroatoms. The minimum atomic E-state index is 0.692. The lowest BCUT2D eigenvalue weighted by molar-refractivity contribution is 0.251. The Morgan fingerprint density at radius 1 is 1.22 bits per heavy atom. The molecule has 1 saturated heterocycles. The molecule has 142 valence electrons. The zero-order valence-corrected chi connectivity index (χ0v) is 16.6. The van der Waals surface area contributed by atoms with Gasteiger partial charge in [-0.2, -0.15) is 0 Å². The van der Waals surface area contributed by atoms with Crippen molar-refractivity contribution in [3.05, 3.63) is 54.6 Å². The standard InChI is InChI=1S/C20H25N5OS/c1-23(12-16-10-11-25(13-16)17-6-4-3-5-7-17)14-18-8-9-19(26-18)27-20-22-21-15-24(20)2/h3-9,15-16H,10-14H2,1-2H3. The number of hydrogen-bond acceptors (Lipinski definition) is 6. The number of rotatable bonds is 7. The summed E-state index contributed by atoms with van der Waals surface area (Å²) in [6.07, 6.45) is 2.94. The van der Waals surface area contributed by atoms with Crippen LogP contribution in [0, 0.1) is 5.92 Å². The average molecular weight is 384 g/mol. The van der Waals surface area contributed by atoms with Crippen molar-refractivity contribution in [2.75, 3.05) is 31.6 Å². The van der Waals surface area contributed by atoms with Crippen molar-refractivity contribution in [3.8, 4) is 0 Å². The van der Waals surface area contributed by atoms with E-state index in [-0.39, 0.29) is 0 Å². The molecule has 0 spiro atoms. The van der Waals surface area contributed by atoms with Gasteiger partial charge in [0.2, 0.25) is 0 Å². The molecule has 1 unspecified atom stereocenters. The number of hydrogen-bond donors (Lipinski definition) is 0. The lowest BCUT2D eigenvalue weighted by Gasteiger charge is -2.21. The third-order valence-electron chi connectivity index (χ3n) is 4.90. The zero-order valence-electron chi connectivity index (χ0n) is 15.8. The number of furan rings is 1. The fourth-order valence-corrected chi connectivity index (χ4v) is 4.32. The summed E-state index contributed by atoms with van der Waals surface area (Å²) >= 11 is 1.50. The number of aryl methyl sites for hydroxylation is 1. The zero-order chi connectivity index (χ0) is 18.6. The Bertz CT molecular complexity index is 862. The summed E-state index contributed by atoms with van der Waals surface area (Å²) in [6, 6.07) is 14.8. The van der Waals surface area contributed by atoms with Crippen LogP contribution in [0.1, 0.15) is 12.2 Å². The van der Waals surface area contributed by atoms with Gasteiger partial charge in [-0.25, -0.2) is 0 Å². The van der Waals surface area contributed by atoms with Crippen LogP contribution in [0.4, 0.5) is 5.69 Å². The van der Waals surface area contributed by atoms with Crippen molar-refractivity contribution in [3.63, 3.8) is 0 Å². The first-order valence-corrected chi connectivity index (χ1v) is 10.1.